The highest BCUT2D eigenvalue weighted by molar-refractivity contribution is 7.14. The molecular weight excluding hydrogens is 437 g/mol. The molecule has 0 bridgehead atoms. The number of nitrogens with one attached hydrogen (secondary N) is 1. The van der Waals surface area contributed by atoms with E-state index in [4.69, 9.17) is 16.3 Å². The first kappa shape index (κ1) is 20.7. The van der Waals surface area contributed by atoms with Gasteiger partial charge in [-0.15, -0.1) is 11.3 Å². The van der Waals surface area contributed by atoms with Crippen LogP contribution >= 0.6 is 22.9 Å². The Morgan fingerprint density at radius 1 is 1.03 bits per heavy atom. The first-order chi connectivity index (χ1) is 15.1. The Bertz CT molecular complexity index is 1210. The van der Waals surface area contributed by atoms with Crippen LogP contribution in [0.4, 0.5) is 9.52 Å². The van der Waals surface area contributed by atoms with E-state index in [1.54, 1.807) is 30.5 Å². The van der Waals surface area contributed by atoms with Crippen LogP contribution in [0.25, 0.3) is 11.3 Å². The van der Waals surface area contributed by atoms with E-state index in [1.165, 1.54) is 35.6 Å². The third-order valence-corrected chi connectivity index (χ3v) is 5.19. The zero-order valence-electron chi connectivity index (χ0n) is 16.0. The van der Waals surface area contributed by atoms with Gasteiger partial charge >= 0.3 is 5.97 Å². The van der Waals surface area contributed by atoms with Crippen LogP contribution in [0.5, 0.6) is 5.75 Å². The molecule has 31 heavy (non-hydrogen) atoms. The molecule has 4 rings (SSSR count). The van der Waals surface area contributed by atoms with Crippen molar-refractivity contribution in [1.82, 2.24) is 4.98 Å². The number of aromatic nitrogens is 1. The number of hydrazone groups is 1. The number of thiazole rings is 1. The molecule has 0 spiro atoms. The number of rotatable bonds is 6. The SMILES string of the molecule is O=C(Oc1ccc(/C=N\Nc2nc(-c3ccc(Cl)cc3)cs2)cc1)c1ccc(F)cc1. The highest BCUT2D eigenvalue weighted by Crippen LogP contribution is 2.26. The van der Waals surface area contributed by atoms with Gasteiger partial charge in [0.15, 0.2) is 0 Å². The predicted octanol–water partition coefficient (Wildman–Crippen LogP) is 6.27. The molecule has 1 aromatic heterocycles. The van der Waals surface area contributed by atoms with Gasteiger partial charge in [0.2, 0.25) is 5.13 Å². The molecule has 0 aliphatic heterocycles. The topological polar surface area (TPSA) is 63.6 Å². The van der Waals surface area contributed by atoms with Gasteiger partial charge in [-0.3, -0.25) is 5.43 Å². The minimum atomic E-state index is -0.552. The van der Waals surface area contributed by atoms with Crippen LogP contribution in [0.2, 0.25) is 5.02 Å². The third-order valence-electron chi connectivity index (χ3n) is 4.19. The van der Waals surface area contributed by atoms with Crippen molar-refractivity contribution in [3.63, 3.8) is 0 Å². The summed E-state index contributed by atoms with van der Waals surface area (Å²) in [7, 11) is 0. The number of esters is 1. The molecule has 3 aromatic carbocycles. The lowest BCUT2D eigenvalue weighted by Gasteiger charge is -2.04. The van der Waals surface area contributed by atoms with Crippen LogP contribution in [-0.2, 0) is 0 Å². The van der Waals surface area contributed by atoms with Crippen LogP contribution in [-0.4, -0.2) is 17.2 Å². The fraction of sp³-hybridized carbons (Fsp3) is 0. The van der Waals surface area contributed by atoms with Gasteiger partial charge in [0, 0.05) is 16.0 Å². The summed E-state index contributed by atoms with van der Waals surface area (Å²) in [6.45, 7) is 0. The average molecular weight is 452 g/mol. The lowest BCUT2D eigenvalue weighted by atomic mass is 10.2. The number of hydrogen-bond donors (Lipinski definition) is 1. The van der Waals surface area contributed by atoms with Crippen molar-refractivity contribution in [1.29, 1.82) is 0 Å². The second kappa shape index (κ2) is 9.51. The van der Waals surface area contributed by atoms with Gasteiger partial charge in [-0.2, -0.15) is 5.10 Å². The van der Waals surface area contributed by atoms with E-state index in [9.17, 15) is 9.18 Å². The van der Waals surface area contributed by atoms with Crippen LogP contribution < -0.4 is 10.2 Å². The smallest absolute Gasteiger partial charge is 0.343 e. The van der Waals surface area contributed by atoms with Gasteiger partial charge in [-0.25, -0.2) is 14.2 Å². The van der Waals surface area contributed by atoms with Crippen molar-refractivity contribution < 1.29 is 13.9 Å². The molecular formula is C23H15ClFN3O2S. The molecule has 1 heterocycles. The Morgan fingerprint density at radius 2 is 1.74 bits per heavy atom. The normalized spacial score (nSPS) is 10.9. The molecule has 4 aromatic rings. The lowest BCUT2D eigenvalue weighted by Crippen LogP contribution is -2.08. The fourth-order valence-corrected chi connectivity index (χ4v) is 3.41. The van der Waals surface area contributed by atoms with Crippen molar-refractivity contribution in [2.24, 2.45) is 5.10 Å². The molecule has 1 N–H and O–H groups in total. The summed E-state index contributed by atoms with van der Waals surface area (Å²) in [6, 6.07) is 19.5. The minimum Gasteiger partial charge on any atom is -0.423 e. The van der Waals surface area contributed by atoms with E-state index in [-0.39, 0.29) is 5.56 Å². The zero-order valence-corrected chi connectivity index (χ0v) is 17.5. The number of carbonyl (C=O) groups excluding carboxylic acids is 1. The molecule has 5 nitrogen and oxygen atoms in total. The van der Waals surface area contributed by atoms with Crippen LogP contribution in [0.3, 0.4) is 0 Å². The molecule has 0 radical (unpaired) electrons. The van der Waals surface area contributed by atoms with E-state index in [1.807, 2.05) is 29.6 Å². The predicted molar refractivity (Wildman–Crippen MR) is 122 cm³/mol. The largest absolute Gasteiger partial charge is 0.423 e. The molecule has 0 aliphatic rings. The summed E-state index contributed by atoms with van der Waals surface area (Å²) in [6.07, 6.45) is 1.63. The van der Waals surface area contributed by atoms with Crippen molar-refractivity contribution in [3.05, 3.63) is 100 Å². The number of nitrogens with zero attached hydrogens (tertiary/aromatic N) is 2. The van der Waals surface area contributed by atoms with Gasteiger partial charge in [-0.05, 0) is 66.2 Å². The van der Waals surface area contributed by atoms with Gasteiger partial charge in [0.25, 0.3) is 0 Å². The highest BCUT2D eigenvalue weighted by atomic mass is 35.5. The van der Waals surface area contributed by atoms with Crippen LogP contribution in [0.15, 0.2) is 83.3 Å². The van der Waals surface area contributed by atoms with Crippen LogP contribution in [0, 0.1) is 5.82 Å². The number of anilines is 1. The minimum absolute atomic E-state index is 0.276. The number of benzene rings is 3. The van der Waals surface area contributed by atoms with E-state index < -0.39 is 11.8 Å². The van der Waals surface area contributed by atoms with Crippen molar-refractivity contribution in [2.75, 3.05) is 5.43 Å². The zero-order chi connectivity index (χ0) is 21.6. The Morgan fingerprint density at radius 3 is 2.45 bits per heavy atom. The molecule has 154 valence electrons. The summed E-state index contributed by atoms with van der Waals surface area (Å²) in [5, 5.41) is 7.46. The Labute approximate surface area is 186 Å². The first-order valence-corrected chi connectivity index (χ1v) is 10.4. The van der Waals surface area contributed by atoms with E-state index in [2.05, 4.69) is 15.5 Å². The summed E-state index contributed by atoms with van der Waals surface area (Å²) < 4.78 is 18.2. The van der Waals surface area contributed by atoms with Crippen molar-refractivity contribution >= 4 is 40.3 Å². The van der Waals surface area contributed by atoms with Crippen molar-refractivity contribution in [2.45, 2.75) is 0 Å². The van der Waals surface area contributed by atoms with E-state index in [0.29, 0.717) is 15.9 Å². The molecule has 0 unspecified atom stereocenters. The number of carbonyl (C=O) groups is 1. The summed E-state index contributed by atoms with van der Waals surface area (Å²) in [5.41, 5.74) is 5.80. The second-order valence-electron chi connectivity index (χ2n) is 6.38. The quantitative estimate of drug-likeness (QED) is 0.162. The van der Waals surface area contributed by atoms with Gasteiger partial charge in [0.1, 0.15) is 11.6 Å². The summed E-state index contributed by atoms with van der Waals surface area (Å²) in [4.78, 5) is 16.6. The Hall–Kier alpha value is -3.55. The monoisotopic (exact) mass is 451 g/mol. The number of halogens is 2. The average Bonchev–Trinajstić information content (AvgIpc) is 3.25. The van der Waals surface area contributed by atoms with E-state index >= 15 is 0 Å². The summed E-state index contributed by atoms with van der Waals surface area (Å²) in [5.74, 6) is -0.580. The molecule has 0 aliphatic carbocycles. The molecule has 0 fully saturated rings. The van der Waals surface area contributed by atoms with Crippen LogP contribution in [0.1, 0.15) is 15.9 Å². The molecule has 0 atom stereocenters. The third kappa shape index (κ3) is 5.53. The standard InChI is InChI=1S/C23H15ClFN3O2S/c24-18-7-3-16(4-8-18)21-14-31-23(27-21)28-26-13-15-1-11-20(12-2-15)30-22(29)17-5-9-19(25)10-6-17/h1-14H,(H,27,28)/b26-13-. The molecule has 0 amide bonds. The number of hydrogen-bond acceptors (Lipinski definition) is 6. The van der Waals surface area contributed by atoms with E-state index in [0.717, 1.165) is 16.8 Å². The Balaban J connectivity index is 1.33. The van der Waals surface area contributed by atoms with Gasteiger partial charge < -0.3 is 4.74 Å². The van der Waals surface area contributed by atoms with Gasteiger partial charge in [-0.1, -0.05) is 23.7 Å². The first-order valence-electron chi connectivity index (χ1n) is 9.15. The maximum Gasteiger partial charge on any atom is 0.343 e. The number of ether oxygens (including phenoxy) is 1. The fourth-order valence-electron chi connectivity index (χ4n) is 2.61. The van der Waals surface area contributed by atoms with Crippen molar-refractivity contribution in [3.8, 4) is 17.0 Å². The molecule has 0 saturated heterocycles. The second-order valence-corrected chi connectivity index (χ2v) is 7.67. The summed E-state index contributed by atoms with van der Waals surface area (Å²) >= 11 is 7.35. The molecule has 0 saturated carbocycles. The molecule has 8 heteroatoms. The van der Waals surface area contributed by atoms with Gasteiger partial charge in [0.05, 0.1) is 17.5 Å². The maximum absolute atomic E-state index is 12.9. The lowest BCUT2D eigenvalue weighted by molar-refractivity contribution is 0.0734. The Kier molecular flexibility index (Phi) is 6.35. The maximum atomic E-state index is 12.9. The highest BCUT2D eigenvalue weighted by Gasteiger charge is 2.08.